The van der Waals surface area contributed by atoms with Gasteiger partial charge < -0.3 is 9.47 Å². The number of nitrogens with zero attached hydrogens (tertiary/aromatic N) is 2. The maximum absolute atomic E-state index is 12.1. The monoisotopic (exact) mass is 344 g/mol. The summed E-state index contributed by atoms with van der Waals surface area (Å²) in [6, 6.07) is 10.4. The van der Waals surface area contributed by atoms with Gasteiger partial charge in [-0.2, -0.15) is 0 Å². The van der Waals surface area contributed by atoms with Gasteiger partial charge in [-0.25, -0.2) is 9.78 Å². The summed E-state index contributed by atoms with van der Waals surface area (Å²) < 4.78 is 12.2. The van der Waals surface area contributed by atoms with Crippen molar-refractivity contribution in [2.75, 3.05) is 0 Å². The van der Waals surface area contributed by atoms with E-state index in [4.69, 9.17) is 9.47 Å². The molecule has 0 aliphatic heterocycles. The molecule has 0 amide bonds. The molecule has 24 heavy (non-hydrogen) atoms. The molecule has 0 radical (unpaired) electrons. The van der Waals surface area contributed by atoms with Gasteiger partial charge in [-0.15, -0.1) is 11.3 Å². The first-order chi connectivity index (χ1) is 11.5. The third-order valence-corrected chi connectivity index (χ3v) is 4.32. The van der Waals surface area contributed by atoms with Crippen molar-refractivity contribution in [2.24, 2.45) is 0 Å². The van der Waals surface area contributed by atoms with Crippen LogP contribution in [0.4, 0.5) is 0 Å². The van der Waals surface area contributed by atoms with Crippen LogP contribution in [0.15, 0.2) is 46.6 Å². The lowest BCUT2D eigenvalue weighted by Gasteiger charge is -2.13. The Morgan fingerprint density at radius 3 is 2.83 bits per heavy atom. The van der Waals surface area contributed by atoms with Crippen LogP contribution in [0.3, 0.4) is 0 Å². The number of aryl methyl sites for hydroxylation is 1. The fourth-order valence-corrected chi connectivity index (χ4v) is 3.08. The molecule has 7 heteroatoms. The summed E-state index contributed by atoms with van der Waals surface area (Å²) >= 11 is 1.37. The molecule has 1 aromatic carbocycles. The number of esters is 1. The van der Waals surface area contributed by atoms with Crippen LogP contribution in [0.1, 0.15) is 18.3 Å². The normalized spacial score (nSPS) is 12.1. The molecule has 0 spiro atoms. The highest BCUT2D eigenvalue weighted by molar-refractivity contribution is 7.15. The number of ether oxygens (including phenoxy) is 2. The van der Waals surface area contributed by atoms with Gasteiger partial charge in [-0.1, -0.05) is 18.2 Å². The van der Waals surface area contributed by atoms with Gasteiger partial charge in [0.05, 0.1) is 5.69 Å². The minimum Gasteiger partial charge on any atom is -0.479 e. The fourth-order valence-electron chi connectivity index (χ4n) is 2.19. The molecule has 2 aromatic heterocycles. The van der Waals surface area contributed by atoms with Crippen LogP contribution in [0.25, 0.3) is 4.96 Å². The fraction of sp³-hybridized carbons (Fsp3) is 0.235. The first-order valence-corrected chi connectivity index (χ1v) is 8.27. The highest BCUT2D eigenvalue weighted by Crippen LogP contribution is 2.13. The van der Waals surface area contributed by atoms with Crippen molar-refractivity contribution in [3.63, 3.8) is 0 Å². The number of thiazole rings is 1. The van der Waals surface area contributed by atoms with E-state index in [-0.39, 0.29) is 12.2 Å². The van der Waals surface area contributed by atoms with Gasteiger partial charge in [0.1, 0.15) is 12.4 Å². The zero-order chi connectivity index (χ0) is 17.1. The average Bonchev–Trinajstić information content (AvgIpc) is 2.95. The lowest BCUT2D eigenvalue weighted by atomic mass is 10.3. The predicted molar refractivity (Wildman–Crippen MR) is 90.4 cm³/mol. The van der Waals surface area contributed by atoms with Crippen LogP contribution in [-0.4, -0.2) is 21.5 Å². The second-order valence-corrected chi connectivity index (χ2v) is 6.10. The molecule has 0 unspecified atom stereocenters. The van der Waals surface area contributed by atoms with E-state index < -0.39 is 12.1 Å². The summed E-state index contributed by atoms with van der Waals surface area (Å²) in [5.74, 6) is 0.0806. The second kappa shape index (κ2) is 6.84. The number of hydrogen-bond acceptors (Lipinski definition) is 6. The van der Waals surface area contributed by atoms with Crippen LogP contribution in [0.2, 0.25) is 0 Å². The summed E-state index contributed by atoms with van der Waals surface area (Å²) in [5, 5.41) is 1.86. The lowest BCUT2D eigenvalue weighted by molar-refractivity contribution is -0.152. The molecule has 0 bridgehead atoms. The predicted octanol–water partition coefficient (Wildman–Crippen LogP) is 2.58. The van der Waals surface area contributed by atoms with Crippen molar-refractivity contribution in [3.8, 4) is 5.75 Å². The van der Waals surface area contributed by atoms with Crippen LogP contribution in [-0.2, 0) is 16.1 Å². The number of carbonyl (C=O) groups excluding carboxylic acids is 1. The number of carbonyl (C=O) groups is 1. The van der Waals surface area contributed by atoms with Gasteiger partial charge in [-0.05, 0) is 26.0 Å². The summed E-state index contributed by atoms with van der Waals surface area (Å²) in [6.45, 7) is 3.39. The third kappa shape index (κ3) is 3.46. The highest BCUT2D eigenvalue weighted by atomic mass is 32.1. The van der Waals surface area contributed by atoms with E-state index in [2.05, 4.69) is 4.98 Å². The van der Waals surface area contributed by atoms with Crippen molar-refractivity contribution >= 4 is 22.3 Å². The molecule has 124 valence electrons. The number of benzene rings is 1. The molecule has 3 rings (SSSR count). The number of hydrogen-bond donors (Lipinski definition) is 0. The Bertz CT molecular complexity index is 917. The van der Waals surface area contributed by atoms with E-state index in [0.717, 1.165) is 5.69 Å². The van der Waals surface area contributed by atoms with Crippen LogP contribution in [0.5, 0.6) is 5.75 Å². The quantitative estimate of drug-likeness (QED) is 0.665. The smallest absolute Gasteiger partial charge is 0.347 e. The highest BCUT2D eigenvalue weighted by Gasteiger charge is 2.17. The Morgan fingerprint density at radius 1 is 1.33 bits per heavy atom. The zero-order valence-electron chi connectivity index (χ0n) is 13.3. The number of para-hydroxylation sites is 1. The average molecular weight is 344 g/mol. The van der Waals surface area contributed by atoms with Crippen molar-refractivity contribution in [2.45, 2.75) is 26.6 Å². The molecule has 0 aliphatic carbocycles. The first kappa shape index (κ1) is 16.2. The molecule has 1 atom stereocenters. The standard InChI is InChI=1S/C17H16N2O4S/c1-11-10-24-17-18-13(8-15(20)19(11)17)9-22-16(21)12(2)23-14-6-4-3-5-7-14/h3-8,10,12H,9H2,1-2H3/t12-/m1/s1. The molecule has 0 aliphatic rings. The Balaban J connectivity index is 1.65. The van der Waals surface area contributed by atoms with Crippen LogP contribution in [0, 0.1) is 6.92 Å². The third-order valence-electron chi connectivity index (χ3n) is 3.38. The summed E-state index contributed by atoms with van der Waals surface area (Å²) in [7, 11) is 0. The lowest BCUT2D eigenvalue weighted by Crippen LogP contribution is -2.26. The summed E-state index contributed by atoms with van der Waals surface area (Å²) in [5.41, 5.74) is 1.07. The van der Waals surface area contributed by atoms with E-state index in [0.29, 0.717) is 16.4 Å². The van der Waals surface area contributed by atoms with E-state index in [1.54, 1.807) is 19.1 Å². The minimum absolute atomic E-state index is 0.0655. The minimum atomic E-state index is -0.749. The molecule has 3 aromatic rings. The van der Waals surface area contributed by atoms with Gasteiger partial charge >= 0.3 is 5.97 Å². The Kier molecular flexibility index (Phi) is 4.61. The van der Waals surface area contributed by atoms with E-state index in [1.807, 2.05) is 30.5 Å². The van der Waals surface area contributed by atoms with Crippen molar-refractivity contribution in [1.29, 1.82) is 0 Å². The molecular weight excluding hydrogens is 328 g/mol. The Morgan fingerprint density at radius 2 is 2.08 bits per heavy atom. The van der Waals surface area contributed by atoms with Gasteiger partial charge in [0, 0.05) is 17.1 Å². The molecular formula is C17H16N2O4S. The number of aromatic nitrogens is 2. The Hall–Kier alpha value is -2.67. The van der Waals surface area contributed by atoms with Gasteiger partial charge in [0.2, 0.25) is 0 Å². The zero-order valence-corrected chi connectivity index (χ0v) is 14.1. The van der Waals surface area contributed by atoms with E-state index in [9.17, 15) is 9.59 Å². The molecule has 0 saturated carbocycles. The molecule has 0 N–H and O–H groups in total. The summed E-state index contributed by atoms with van der Waals surface area (Å²) in [4.78, 5) is 29.0. The molecule has 0 fully saturated rings. The topological polar surface area (TPSA) is 69.9 Å². The summed E-state index contributed by atoms with van der Waals surface area (Å²) in [6.07, 6.45) is -0.749. The van der Waals surface area contributed by atoms with Crippen LogP contribution >= 0.6 is 11.3 Å². The second-order valence-electron chi connectivity index (χ2n) is 5.26. The number of fused-ring (bicyclic) bond motifs is 1. The van der Waals surface area contributed by atoms with Gasteiger partial charge in [0.15, 0.2) is 11.1 Å². The SMILES string of the molecule is Cc1csc2nc(COC(=O)[C@@H](C)Oc3ccccc3)cc(=O)n12. The van der Waals surface area contributed by atoms with Gasteiger partial charge in [0.25, 0.3) is 5.56 Å². The maximum atomic E-state index is 12.1. The largest absolute Gasteiger partial charge is 0.479 e. The van der Waals surface area contributed by atoms with Crippen LogP contribution < -0.4 is 10.3 Å². The Labute approximate surface area is 142 Å². The van der Waals surface area contributed by atoms with Gasteiger partial charge in [-0.3, -0.25) is 9.20 Å². The molecule has 0 saturated heterocycles. The van der Waals surface area contributed by atoms with Crippen molar-refractivity contribution in [1.82, 2.24) is 9.38 Å². The van der Waals surface area contributed by atoms with E-state index in [1.165, 1.54) is 21.8 Å². The van der Waals surface area contributed by atoms with Crippen molar-refractivity contribution < 1.29 is 14.3 Å². The molecule has 2 heterocycles. The first-order valence-electron chi connectivity index (χ1n) is 7.40. The molecule has 6 nitrogen and oxygen atoms in total. The maximum Gasteiger partial charge on any atom is 0.347 e. The number of rotatable bonds is 5. The van der Waals surface area contributed by atoms with E-state index >= 15 is 0 Å². The van der Waals surface area contributed by atoms with Crippen molar-refractivity contribution in [3.05, 3.63) is 63.5 Å².